The van der Waals surface area contributed by atoms with Crippen LogP contribution in [0.15, 0.2) is 0 Å². The third kappa shape index (κ3) is 18.5. The maximum atomic E-state index is 12.0. The van der Waals surface area contributed by atoms with Crippen molar-refractivity contribution in [1.29, 1.82) is 0 Å². The summed E-state index contributed by atoms with van der Waals surface area (Å²) in [4.78, 5) is 46.8. The molecule has 0 spiro atoms. The van der Waals surface area contributed by atoms with Crippen molar-refractivity contribution in [3.8, 4) is 94.7 Å². The van der Waals surface area contributed by atoms with Gasteiger partial charge in [0, 0.05) is 25.7 Å². The second kappa shape index (κ2) is 19.8. The second-order valence-electron chi connectivity index (χ2n) is 6.46. The van der Waals surface area contributed by atoms with E-state index in [1.165, 1.54) is 0 Å². The molecule has 0 amide bonds. The fourth-order valence-corrected chi connectivity index (χ4v) is 1.81. The van der Waals surface area contributed by atoms with Gasteiger partial charge in [0.2, 0.25) is 0 Å². The Morgan fingerprint density at radius 3 is 1.11 bits per heavy atom. The molecule has 0 aromatic rings. The summed E-state index contributed by atoms with van der Waals surface area (Å²) >= 11 is 0. The molecule has 0 aliphatic rings. The first-order valence-corrected chi connectivity index (χ1v) is 10.2. The lowest BCUT2D eigenvalue weighted by molar-refractivity contribution is -0.165. The highest BCUT2D eigenvalue weighted by molar-refractivity contribution is 5.89. The third-order valence-electron chi connectivity index (χ3n) is 3.39. The predicted octanol–water partition coefficient (Wildman–Crippen LogP) is 0.252. The lowest BCUT2D eigenvalue weighted by atomic mass is 9.92. The molecule has 0 fully saturated rings. The van der Waals surface area contributed by atoms with Crippen LogP contribution in [0.25, 0.3) is 0 Å². The van der Waals surface area contributed by atoms with Crippen LogP contribution < -0.4 is 0 Å². The topological polar surface area (TPSA) is 105 Å². The molecule has 0 saturated heterocycles. The average Bonchev–Trinajstić information content (AvgIpc) is 2.86. The van der Waals surface area contributed by atoms with Gasteiger partial charge in [-0.25, -0.2) is 9.59 Å². The number of carbonyl (C=O) groups is 4. The van der Waals surface area contributed by atoms with Crippen LogP contribution >= 0.6 is 0 Å². The first-order chi connectivity index (χ1) is 17.7. The van der Waals surface area contributed by atoms with Gasteiger partial charge in [0.1, 0.15) is 31.8 Å². The Hall–Kier alpha value is -5.64. The predicted molar refractivity (Wildman–Crippen MR) is 131 cm³/mol. The summed E-state index contributed by atoms with van der Waals surface area (Å²) in [6.45, 7) is 3.71. The Bertz CT molecular complexity index is 1280. The lowest BCUT2D eigenvalue weighted by Crippen LogP contribution is -2.43. The second-order valence-corrected chi connectivity index (χ2v) is 6.46. The molecule has 0 aliphatic carbocycles. The number of carbonyl (C=O) groups excluding carboxylic acids is 4. The molecule has 0 rings (SSSR count). The molecule has 0 unspecified atom stereocenters. The summed E-state index contributed by atoms with van der Waals surface area (Å²) in [6.07, 6.45) is 0. The Labute approximate surface area is 216 Å². The molecule has 8 heteroatoms. The lowest BCUT2D eigenvalue weighted by Gasteiger charge is -2.30. The van der Waals surface area contributed by atoms with Crippen molar-refractivity contribution in [1.82, 2.24) is 0 Å². The van der Waals surface area contributed by atoms with Crippen LogP contribution in [0.2, 0.25) is 0 Å². The maximum Gasteiger partial charge on any atom is 0.385 e. The molecule has 0 atom stereocenters. The normalized spacial score (nSPS) is 7.68. The van der Waals surface area contributed by atoms with Gasteiger partial charge in [-0.2, -0.15) is 0 Å². The molecule has 0 bridgehead atoms. The monoisotopic (exact) mass is 496 g/mol. The zero-order valence-electron chi connectivity index (χ0n) is 20.6. The number of hydrogen-bond donors (Lipinski definition) is 0. The molecular weight excluding hydrogens is 476 g/mol. The molecular formula is C29H20O8. The minimum Gasteiger partial charge on any atom is -0.465 e. The van der Waals surface area contributed by atoms with Crippen molar-refractivity contribution >= 4 is 23.9 Å². The van der Waals surface area contributed by atoms with Crippen molar-refractivity contribution in [2.24, 2.45) is 5.41 Å². The van der Waals surface area contributed by atoms with Gasteiger partial charge in [-0.15, -0.1) is 0 Å². The van der Waals surface area contributed by atoms with E-state index in [1.54, 1.807) is 13.8 Å². The number of esters is 4. The SMILES string of the molecule is CC#CC#CC#CC#CC(=O)OCC(COC(C)=O)(COC(C)=O)COC(=O)C#CC#CC#CC#CC. The Morgan fingerprint density at radius 2 is 0.784 bits per heavy atom. The largest absolute Gasteiger partial charge is 0.465 e. The van der Waals surface area contributed by atoms with E-state index in [-0.39, 0.29) is 0 Å². The van der Waals surface area contributed by atoms with E-state index in [2.05, 4.69) is 94.7 Å². The fourth-order valence-electron chi connectivity index (χ4n) is 1.81. The van der Waals surface area contributed by atoms with Crippen LogP contribution in [0.4, 0.5) is 0 Å². The molecule has 37 heavy (non-hydrogen) atoms. The molecule has 0 heterocycles. The number of rotatable bonds is 8. The molecule has 0 saturated carbocycles. The van der Waals surface area contributed by atoms with E-state index in [9.17, 15) is 19.2 Å². The van der Waals surface area contributed by atoms with Crippen molar-refractivity contribution in [3.05, 3.63) is 0 Å². The highest BCUT2D eigenvalue weighted by Gasteiger charge is 2.37. The Balaban J connectivity index is 5.56. The Morgan fingerprint density at radius 1 is 0.486 bits per heavy atom. The van der Waals surface area contributed by atoms with E-state index >= 15 is 0 Å². The summed E-state index contributed by atoms with van der Waals surface area (Å²) in [5, 5.41) is 0. The highest BCUT2D eigenvalue weighted by atomic mass is 16.6. The van der Waals surface area contributed by atoms with Gasteiger partial charge in [-0.1, -0.05) is 11.8 Å². The average molecular weight is 496 g/mol. The number of ether oxygens (including phenoxy) is 4. The quantitative estimate of drug-likeness (QED) is 0.204. The van der Waals surface area contributed by atoms with E-state index in [0.717, 1.165) is 13.8 Å². The maximum absolute atomic E-state index is 12.0. The molecule has 0 aromatic carbocycles. The summed E-state index contributed by atoms with van der Waals surface area (Å²) in [6, 6.07) is 0. The van der Waals surface area contributed by atoms with Crippen LogP contribution in [-0.2, 0) is 38.1 Å². The standard InChI is InChI=1S/C29H20O8/c1-5-7-9-11-13-15-17-19-27(32)36-23-29(21-34-25(3)30,22-35-26(4)31)24-37-28(33)20-18-16-14-12-10-8-6-2/h21-24H2,1-4H3. The van der Waals surface area contributed by atoms with Crippen LogP contribution in [0.3, 0.4) is 0 Å². The van der Waals surface area contributed by atoms with E-state index in [1.807, 2.05) is 0 Å². The van der Waals surface area contributed by atoms with Crippen LogP contribution in [0.1, 0.15) is 27.7 Å². The summed E-state index contributed by atoms with van der Waals surface area (Å²) in [7, 11) is 0. The zero-order valence-corrected chi connectivity index (χ0v) is 20.6. The molecule has 0 N–H and O–H groups in total. The smallest absolute Gasteiger partial charge is 0.385 e. The number of hydrogen-bond acceptors (Lipinski definition) is 8. The summed E-state index contributed by atoms with van der Waals surface area (Å²) in [5.41, 5.74) is -1.45. The van der Waals surface area contributed by atoms with Gasteiger partial charge >= 0.3 is 23.9 Å². The summed E-state index contributed by atoms with van der Waals surface area (Å²) < 4.78 is 20.2. The van der Waals surface area contributed by atoms with Gasteiger partial charge in [0.15, 0.2) is 0 Å². The van der Waals surface area contributed by atoms with E-state index < -0.39 is 55.7 Å². The molecule has 8 nitrogen and oxygen atoms in total. The van der Waals surface area contributed by atoms with Crippen LogP contribution in [0, 0.1) is 100 Å². The van der Waals surface area contributed by atoms with Crippen molar-refractivity contribution in [2.75, 3.05) is 26.4 Å². The highest BCUT2D eigenvalue weighted by Crippen LogP contribution is 2.21. The van der Waals surface area contributed by atoms with Crippen molar-refractivity contribution in [2.45, 2.75) is 27.7 Å². The van der Waals surface area contributed by atoms with Crippen molar-refractivity contribution < 1.29 is 38.1 Å². The van der Waals surface area contributed by atoms with E-state index in [0.29, 0.717) is 0 Å². The van der Waals surface area contributed by atoms with Gasteiger partial charge in [0.25, 0.3) is 0 Å². The minimum atomic E-state index is -1.45. The first-order valence-electron chi connectivity index (χ1n) is 10.2. The van der Waals surface area contributed by atoms with Crippen molar-refractivity contribution in [3.63, 3.8) is 0 Å². The van der Waals surface area contributed by atoms with Gasteiger partial charge in [0.05, 0.1) is 0 Å². The zero-order chi connectivity index (χ0) is 27.8. The van der Waals surface area contributed by atoms with Crippen LogP contribution in [-0.4, -0.2) is 50.3 Å². The van der Waals surface area contributed by atoms with Gasteiger partial charge in [-0.3, -0.25) is 9.59 Å². The molecule has 0 aliphatic heterocycles. The first kappa shape index (κ1) is 31.4. The van der Waals surface area contributed by atoms with Gasteiger partial charge in [-0.05, 0) is 84.9 Å². The fraction of sp³-hybridized carbons (Fsp3) is 0.310. The van der Waals surface area contributed by atoms with Crippen LogP contribution in [0.5, 0.6) is 0 Å². The molecule has 184 valence electrons. The minimum absolute atomic E-state index is 0.418. The molecule has 0 aromatic heterocycles. The van der Waals surface area contributed by atoms with Gasteiger partial charge < -0.3 is 18.9 Å². The van der Waals surface area contributed by atoms with E-state index in [4.69, 9.17) is 18.9 Å². The molecule has 0 radical (unpaired) electrons. The summed E-state index contributed by atoms with van der Waals surface area (Å²) in [5.74, 6) is 34.7. The Kier molecular flexibility index (Phi) is 16.8. The third-order valence-corrected chi connectivity index (χ3v) is 3.39.